The number of carbonyl (C=O) groups is 1. The number of aromatic nitrogens is 3. The van der Waals surface area contributed by atoms with E-state index in [4.69, 9.17) is 14.8 Å². The first kappa shape index (κ1) is 21.2. The summed E-state index contributed by atoms with van der Waals surface area (Å²) in [6, 6.07) is 19.8. The summed E-state index contributed by atoms with van der Waals surface area (Å²) in [6.45, 7) is 5.75. The molecule has 1 aliphatic rings. The van der Waals surface area contributed by atoms with Crippen molar-refractivity contribution in [2.45, 2.75) is 26.7 Å². The number of piperidine rings is 1. The van der Waals surface area contributed by atoms with E-state index in [9.17, 15) is 4.79 Å². The number of benzene rings is 2. The van der Waals surface area contributed by atoms with Crippen molar-refractivity contribution >= 4 is 11.6 Å². The number of para-hydroxylation sites is 1. The highest BCUT2D eigenvalue weighted by atomic mass is 16.5. The molecule has 5 rings (SSSR count). The molecule has 33 heavy (non-hydrogen) atoms. The van der Waals surface area contributed by atoms with Crippen LogP contribution in [0.25, 0.3) is 28.0 Å². The van der Waals surface area contributed by atoms with E-state index >= 15 is 0 Å². The molecule has 2 aromatic carbocycles. The van der Waals surface area contributed by atoms with Crippen LogP contribution in [0.4, 0.5) is 0 Å². The van der Waals surface area contributed by atoms with Gasteiger partial charge in [0.05, 0.1) is 18.5 Å². The van der Waals surface area contributed by atoms with Crippen molar-refractivity contribution in [3.8, 4) is 28.1 Å². The molecular weight excluding hydrogens is 412 g/mol. The number of hydrogen-bond acceptors (Lipinski definition) is 4. The number of nitrogens with zero attached hydrogens (tertiary/aromatic N) is 4. The highest BCUT2D eigenvalue weighted by molar-refractivity contribution is 5.95. The third-order valence-electron chi connectivity index (χ3n) is 6.50. The monoisotopic (exact) mass is 440 g/mol. The molecule has 0 spiro atoms. The first-order valence-electron chi connectivity index (χ1n) is 11.4. The van der Waals surface area contributed by atoms with Gasteiger partial charge in [0.25, 0.3) is 5.91 Å². The number of ether oxygens (including phenoxy) is 1. The highest BCUT2D eigenvalue weighted by Gasteiger charge is 2.26. The Bertz CT molecular complexity index is 1300. The van der Waals surface area contributed by atoms with Crippen LogP contribution in [0.2, 0.25) is 0 Å². The lowest BCUT2D eigenvalue weighted by atomic mass is 9.99. The molecule has 168 valence electrons. The zero-order valence-corrected chi connectivity index (χ0v) is 19.3. The summed E-state index contributed by atoms with van der Waals surface area (Å²) in [4.78, 5) is 20.3. The molecule has 0 atom stereocenters. The van der Waals surface area contributed by atoms with Crippen LogP contribution in [0.1, 0.15) is 35.9 Å². The van der Waals surface area contributed by atoms with E-state index in [0.29, 0.717) is 17.3 Å². The van der Waals surface area contributed by atoms with Gasteiger partial charge >= 0.3 is 0 Å². The van der Waals surface area contributed by atoms with Gasteiger partial charge in [-0.3, -0.25) is 4.79 Å². The highest BCUT2D eigenvalue weighted by Crippen LogP contribution is 2.34. The standard InChI is InChI=1S/C27H28N4O2/c1-18-13-15-30(16-14-18)27(32)22-17-23(21-11-7-8-12-24(21)33-3)31-26(28-22)25(19(2)29-31)20-9-5-4-6-10-20/h4-12,17-18H,13-16H2,1-3H3. The number of aryl methyl sites for hydroxylation is 1. The van der Waals surface area contributed by atoms with Crippen LogP contribution in [-0.4, -0.2) is 45.6 Å². The Kier molecular flexibility index (Phi) is 5.58. The summed E-state index contributed by atoms with van der Waals surface area (Å²) in [7, 11) is 1.65. The van der Waals surface area contributed by atoms with Crippen LogP contribution in [0.5, 0.6) is 5.75 Å². The fraction of sp³-hybridized carbons (Fsp3) is 0.296. The van der Waals surface area contributed by atoms with Gasteiger partial charge in [-0.25, -0.2) is 9.50 Å². The molecule has 1 fully saturated rings. The Labute approximate surface area is 193 Å². The SMILES string of the molecule is COc1ccccc1-c1cc(C(=O)N2CCC(C)CC2)nc2c(-c3ccccc3)c(C)nn12. The lowest BCUT2D eigenvalue weighted by molar-refractivity contribution is 0.0691. The lowest BCUT2D eigenvalue weighted by Gasteiger charge is -2.30. The normalized spacial score (nSPS) is 14.6. The molecule has 0 unspecified atom stereocenters. The number of likely N-dealkylation sites (tertiary alicyclic amines) is 1. The molecule has 0 bridgehead atoms. The number of amides is 1. The van der Waals surface area contributed by atoms with Gasteiger partial charge < -0.3 is 9.64 Å². The largest absolute Gasteiger partial charge is 0.496 e. The average Bonchev–Trinajstić information content (AvgIpc) is 3.19. The molecule has 6 nitrogen and oxygen atoms in total. The Hall–Kier alpha value is -3.67. The number of fused-ring (bicyclic) bond motifs is 1. The van der Waals surface area contributed by atoms with E-state index < -0.39 is 0 Å². The Morgan fingerprint density at radius 1 is 1.03 bits per heavy atom. The van der Waals surface area contributed by atoms with Crippen LogP contribution in [0, 0.1) is 12.8 Å². The number of carbonyl (C=O) groups excluding carboxylic acids is 1. The summed E-state index contributed by atoms with van der Waals surface area (Å²) in [5.74, 6) is 1.35. The molecule has 3 heterocycles. The van der Waals surface area contributed by atoms with Crippen LogP contribution < -0.4 is 4.74 Å². The van der Waals surface area contributed by atoms with Crippen LogP contribution in [-0.2, 0) is 0 Å². The van der Waals surface area contributed by atoms with Crippen LogP contribution in [0.3, 0.4) is 0 Å². The van der Waals surface area contributed by atoms with Crippen molar-refractivity contribution in [3.05, 3.63) is 72.1 Å². The molecule has 1 amide bonds. The van der Waals surface area contributed by atoms with Gasteiger partial charge in [-0.15, -0.1) is 0 Å². The fourth-order valence-electron chi connectivity index (χ4n) is 4.60. The summed E-state index contributed by atoms with van der Waals surface area (Å²) >= 11 is 0. The van der Waals surface area contributed by atoms with Crippen molar-refractivity contribution in [1.29, 1.82) is 0 Å². The number of methoxy groups -OCH3 is 1. The number of hydrogen-bond donors (Lipinski definition) is 0. The second-order valence-corrected chi connectivity index (χ2v) is 8.76. The maximum atomic E-state index is 13.5. The molecular formula is C27H28N4O2. The van der Waals surface area contributed by atoms with Gasteiger partial charge in [0.15, 0.2) is 5.65 Å². The zero-order chi connectivity index (χ0) is 22.9. The average molecular weight is 441 g/mol. The number of rotatable bonds is 4. The van der Waals surface area contributed by atoms with Crippen molar-refractivity contribution in [2.75, 3.05) is 20.2 Å². The molecule has 0 N–H and O–H groups in total. The first-order valence-corrected chi connectivity index (χ1v) is 11.4. The Balaban J connectivity index is 1.74. The predicted octanol–water partition coefficient (Wildman–Crippen LogP) is 5.25. The predicted molar refractivity (Wildman–Crippen MR) is 129 cm³/mol. The van der Waals surface area contributed by atoms with Gasteiger partial charge in [-0.2, -0.15) is 5.10 Å². The molecule has 2 aromatic heterocycles. The first-order chi connectivity index (χ1) is 16.1. The summed E-state index contributed by atoms with van der Waals surface area (Å²) < 4.78 is 7.48. The molecule has 6 heteroatoms. The van der Waals surface area contributed by atoms with E-state index in [1.165, 1.54) is 0 Å². The molecule has 0 radical (unpaired) electrons. The quantitative estimate of drug-likeness (QED) is 0.435. The molecule has 0 saturated carbocycles. The molecule has 1 aliphatic heterocycles. The zero-order valence-electron chi connectivity index (χ0n) is 19.3. The maximum Gasteiger partial charge on any atom is 0.272 e. The second kappa shape index (κ2) is 8.70. The summed E-state index contributed by atoms with van der Waals surface area (Å²) in [5, 5.41) is 4.84. The Morgan fingerprint density at radius 3 is 2.45 bits per heavy atom. The van der Waals surface area contributed by atoms with E-state index in [1.54, 1.807) is 7.11 Å². The molecule has 0 aliphatic carbocycles. The summed E-state index contributed by atoms with van der Waals surface area (Å²) in [5.41, 5.74) is 5.60. The van der Waals surface area contributed by atoms with Crippen LogP contribution in [0.15, 0.2) is 60.7 Å². The minimum absolute atomic E-state index is 0.0292. The van der Waals surface area contributed by atoms with E-state index in [0.717, 1.165) is 59.8 Å². The molecule has 1 saturated heterocycles. The topological polar surface area (TPSA) is 59.7 Å². The van der Waals surface area contributed by atoms with E-state index in [1.807, 2.05) is 64.9 Å². The van der Waals surface area contributed by atoms with Gasteiger partial charge in [0.2, 0.25) is 0 Å². The van der Waals surface area contributed by atoms with Crippen molar-refractivity contribution in [1.82, 2.24) is 19.5 Å². The van der Waals surface area contributed by atoms with E-state index in [2.05, 4.69) is 19.1 Å². The molecule has 4 aromatic rings. The van der Waals surface area contributed by atoms with Crippen molar-refractivity contribution in [2.24, 2.45) is 5.92 Å². The smallest absolute Gasteiger partial charge is 0.272 e. The van der Waals surface area contributed by atoms with Crippen molar-refractivity contribution in [3.63, 3.8) is 0 Å². The fourth-order valence-corrected chi connectivity index (χ4v) is 4.60. The van der Waals surface area contributed by atoms with E-state index in [-0.39, 0.29) is 5.91 Å². The minimum atomic E-state index is -0.0292. The summed E-state index contributed by atoms with van der Waals surface area (Å²) in [6.07, 6.45) is 2.04. The minimum Gasteiger partial charge on any atom is -0.496 e. The van der Waals surface area contributed by atoms with Gasteiger partial charge in [0, 0.05) is 24.2 Å². The van der Waals surface area contributed by atoms with Crippen LogP contribution >= 0.6 is 0 Å². The lowest BCUT2D eigenvalue weighted by Crippen LogP contribution is -2.38. The van der Waals surface area contributed by atoms with Gasteiger partial charge in [-0.05, 0) is 49.4 Å². The second-order valence-electron chi connectivity index (χ2n) is 8.76. The third-order valence-corrected chi connectivity index (χ3v) is 6.50. The van der Waals surface area contributed by atoms with Gasteiger partial charge in [-0.1, -0.05) is 49.4 Å². The Morgan fingerprint density at radius 2 is 1.73 bits per heavy atom. The maximum absolute atomic E-state index is 13.5. The van der Waals surface area contributed by atoms with Crippen molar-refractivity contribution < 1.29 is 9.53 Å². The van der Waals surface area contributed by atoms with Gasteiger partial charge in [0.1, 0.15) is 11.4 Å². The third kappa shape index (κ3) is 3.86.